The van der Waals surface area contributed by atoms with Crippen molar-refractivity contribution in [1.82, 2.24) is 24.5 Å². The number of ether oxygens (including phenoxy) is 2. The molecular formula is C24H25N5O8S. The van der Waals surface area contributed by atoms with Crippen molar-refractivity contribution in [3.05, 3.63) is 60.6 Å². The monoisotopic (exact) mass is 543 g/mol. The van der Waals surface area contributed by atoms with Crippen LogP contribution in [0.15, 0.2) is 59.8 Å². The Kier molecular flexibility index (Phi) is 6.77. The van der Waals surface area contributed by atoms with Crippen LogP contribution in [0.1, 0.15) is 12.1 Å². The van der Waals surface area contributed by atoms with E-state index in [4.69, 9.17) is 14.6 Å². The van der Waals surface area contributed by atoms with Gasteiger partial charge in [0.05, 0.1) is 42.4 Å². The summed E-state index contributed by atoms with van der Waals surface area (Å²) in [5.41, 5.74) is 0.689. The molecule has 38 heavy (non-hydrogen) atoms. The lowest BCUT2D eigenvalue weighted by atomic mass is 10.1. The van der Waals surface area contributed by atoms with E-state index in [1.54, 1.807) is 30.3 Å². The molecule has 13 nitrogen and oxygen atoms in total. The number of hydrogen-bond acceptors (Lipinski definition) is 8. The highest BCUT2D eigenvalue weighted by Crippen LogP contribution is 2.35. The highest BCUT2D eigenvalue weighted by molar-refractivity contribution is 7.90. The molecule has 0 aliphatic carbocycles. The number of nitrogens with one attached hydrogen (secondary N) is 2. The molecule has 200 valence electrons. The summed E-state index contributed by atoms with van der Waals surface area (Å²) in [5.74, 6) is -2.33. The van der Waals surface area contributed by atoms with Gasteiger partial charge in [0.25, 0.3) is 10.0 Å². The number of carboxylic acid groups (broad SMARTS) is 1. The predicted octanol–water partition coefficient (Wildman–Crippen LogP) is 0.501. The Balaban J connectivity index is 1.41. The maximum absolute atomic E-state index is 13.6. The van der Waals surface area contributed by atoms with Crippen molar-refractivity contribution in [1.29, 1.82) is 0 Å². The molecule has 1 atom stereocenters. The summed E-state index contributed by atoms with van der Waals surface area (Å²) in [6.07, 6.45) is 1.69. The fraction of sp³-hybridized carbons (Fsp3) is 0.333. The second kappa shape index (κ2) is 10.0. The van der Waals surface area contributed by atoms with E-state index in [9.17, 15) is 22.8 Å². The number of amides is 3. The number of aromatic nitrogens is 2. The van der Waals surface area contributed by atoms with Gasteiger partial charge in [-0.2, -0.15) is 0 Å². The van der Waals surface area contributed by atoms with Gasteiger partial charge in [0.1, 0.15) is 12.6 Å². The number of hydrogen-bond donors (Lipinski definition) is 3. The lowest BCUT2D eigenvalue weighted by Gasteiger charge is -2.24. The first-order valence-electron chi connectivity index (χ1n) is 11.8. The highest BCUT2D eigenvalue weighted by atomic mass is 32.2. The van der Waals surface area contributed by atoms with Gasteiger partial charge in [-0.1, -0.05) is 18.2 Å². The van der Waals surface area contributed by atoms with Gasteiger partial charge < -0.3 is 30.1 Å². The van der Waals surface area contributed by atoms with Crippen molar-refractivity contribution in [2.75, 3.05) is 26.3 Å². The zero-order chi connectivity index (χ0) is 26.9. The van der Waals surface area contributed by atoms with Crippen molar-refractivity contribution in [2.45, 2.75) is 29.7 Å². The molecule has 3 aromatic rings. The standard InChI is InChI=1S/C24H25N5O8S/c30-21(14-27-23(32)33)28-15-24(36-8-9-37-24)11-20(28)22(31)26-13-17-10-16-12-25-7-6-19(16)29(17)38(34,35)18-4-2-1-3-5-18/h1-7,10,12,20,27H,8-9,11,13-15H2,(H,26,31)(H,32,33). The van der Waals surface area contributed by atoms with Crippen molar-refractivity contribution in [3.8, 4) is 0 Å². The zero-order valence-electron chi connectivity index (χ0n) is 20.1. The molecule has 2 fully saturated rings. The molecule has 0 radical (unpaired) electrons. The number of likely N-dealkylation sites (tertiary alicyclic amines) is 1. The van der Waals surface area contributed by atoms with E-state index in [1.165, 1.54) is 33.4 Å². The third kappa shape index (κ3) is 4.80. The molecule has 1 spiro atoms. The lowest BCUT2D eigenvalue weighted by molar-refractivity contribution is -0.152. The average Bonchev–Trinajstić information content (AvgIpc) is 3.63. The van der Waals surface area contributed by atoms with E-state index in [1.807, 2.05) is 5.32 Å². The predicted molar refractivity (Wildman–Crippen MR) is 131 cm³/mol. The Labute approximate surface area is 217 Å². The van der Waals surface area contributed by atoms with Gasteiger partial charge in [-0.3, -0.25) is 14.6 Å². The molecule has 2 aromatic heterocycles. The van der Waals surface area contributed by atoms with Crippen LogP contribution in [0, 0.1) is 0 Å². The molecule has 3 N–H and O–H groups in total. The average molecular weight is 544 g/mol. The summed E-state index contributed by atoms with van der Waals surface area (Å²) in [6.45, 7) is -0.129. The largest absolute Gasteiger partial charge is 0.465 e. The molecule has 3 amide bonds. The lowest BCUT2D eigenvalue weighted by Crippen LogP contribution is -2.49. The summed E-state index contributed by atoms with van der Waals surface area (Å²) in [5, 5.41) is 14.2. The molecule has 2 saturated heterocycles. The van der Waals surface area contributed by atoms with Gasteiger partial charge in [-0.15, -0.1) is 0 Å². The molecule has 0 bridgehead atoms. The van der Waals surface area contributed by atoms with Crippen LogP contribution in [-0.4, -0.2) is 83.4 Å². The van der Waals surface area contributed by atoms with Crippen molar-refractivity contribution >= 4 is 38.8 Å². The van der Waals surface area contributed by atoms with Crippen molar-refractivity contribution in [3.63, 3.8) is 0 Å². The van der Waals surface area contributed by atoms with Crippen LogP contribution in [-0.2, 0) is 35.6 Å². The van der Waals surface area contributed by atoms with Crippen LogP contribution < -0.4 is 10.6 Å². The summed E-state index contributed by atoms with van der Waals surface area (Å²) in [7, 11) is -4.01. The Morgan fingerprint density at radius 2 is 1.84 bits per heavy atom. The number of fused-ring (bicyclic) bond motifs is 1. The van der Waals surface area contributed by atoms with Crippen LogP contribution in [0.3, 0.4) is 0 Å². The van der Waals surface area contributed by atoms with Gasteiger partial charge in [-0.05, 0) is 24.3 Å². The molecule has 5 rings (SSSR count). The van der Waals surface area contributed by atoms with Crippen LogP contribution in [0.5, 0.6) is 0 Å². The van der Waals surface area contributed by atoms with Gasteiger partial charge in [0.15, 0.2) is 5.79 Å². The van der Waals surface area contributed by atoms with Gasteiger partial charge in [0, 0.05) is 24.2 Å². The number of rotatable bonds is 7. The molecule has 0 saturated carbocycles. The van der Waals surface area contributed by atoms with Gasteiger partial charge >= 0.3 is 6.09 Å². The summed E-state index contributed by atoms with van der Waals surface area (Å²) >= 11 is 0. The maximum atomic E-state index is 13.6. The number of benzene rings is 1. The molecule has 2 aliphatic rings. The summed E-state index contributed by atoms with van der Waals surface area (Å²) in [6, 6.07) is 10.1. The SMILES string of the molecule is O=C(O)NCC(=O)N1CC2(CC1C(=O)NCc1cc3cnccc3n1S(=O)(=O)c1ccccc1)OCCO2. The highest BCUT2D eigenvalue weighted by Gasteiger charge is 2.52. The smallest absolute Gasteiger partial charge is 0.405 e. The third-order valence-corrected chi connectivity index (χ3v) is 8.25. The van der Waals surface area contributed by atoms with Crippen LogP contribution in [0.4, 0.5) is 4.79 Å². The Morgan fingerprint density at radius 1 is 1.11 bits per heavy atom. The Bertz CT molecular complexity index is 1480. The summed E-state index contributed by atoms with van der Waals surface area (Å²) in [4.78, 5) is 42.3. The quantitative estimate of drug-likeness (QED) is 0.384. The molecule has 1 unspecified atom stereocenters. The maximum Gasteiger partial charge on any atom is 0.405 e. The van der Waals surface area contributed by atoms with Crippen molar-refractivity contribution < 1.29 is 37.4 Å². The third-order valence-electron chi connectivity index (χ3n) is 6.47. The van der Waals surface area contributed by atoms with Gasteiger partial charge in [0.2, 0.25) is 11.8 Å². The fourth-order valence-electron chi connectivity index (χ4n) is 4.78. The molecule has 2 aliphatic heterocycles. The van der Waals surface area contributed by atoms with Crippen molar-refractivity contribution in [2.24, 2.45) is 0 Å². The summed E-state index contributed by atoms with van der Waals surface area (Å²) < 4.78 is 39.6. The second-order valence-corrected chi connectivity index (χ2v) is 10.7. The molecule has 1 aromatic carbocycles. The number of nitrogens with zero attached hydrogens (tertiary/aromatic N) is 3. The minimum absolute atomic E-state index is 0.0421. The Hall–Kier alpha value is -4.01. The van der Waals surface area contributed by atoms with E-state index in [2.05, 4.69) is 10.3 Å². The molecular weight excluding hydrogens is 518 g/mol. The first-order chi connectivity index (χ1) is 18.2. The Morgan fingerprint density at radius 3 is 2.55 bits per heavy atom. The molecule has 14 heteroatoms. The van der Waals surface area contributed by atoms with E-state index >= 15 is 0 Å². The minimum atomic E-state index is -4.01. The zero-order valence-corrected chi connectivity index (χ0v) is 20.9. The van der Waals surface area contributed by atoms with Crippen LogP contribution >= 0.6 is 0 Å². The second-order valence-electron chi connectivity index (χ2n) is 8.88. The van der Waals surface area contributed by atoms with E-state index in [0.717, 1.165) is 0 Å². The number of carbonyl (C=O) groups is 3. The van der Waals surface area contributed by atoms with Gasteiger partial charge in [-0.25, -0.2) is 17.2 Å². The number of pyridine rings is 1. The van der Waals surface area contributed by atoms with E-state index in [0.29, 0.717) is 24.1 Å². The van der Waals surface area contributed by atoms with E-state index in [-0.39, 0.29) is 30.1 Å². The minimum Gasteiger partial charge on any atom is -0.465 e. The first-order valence-corrected chi connectivity index (χ1v) is 13.2. The van der Waals surface area contributed by atoms with Crippen LogP contribution in [0.2, 0.25) is 0 Å². The normalized spacial score (nSPS) is 18.6. The number of carbonyl (C=O) groups excluding carboxylic acids is 2. The van der Waals surface area contributed by atoms with Crippen LogP contribution in [0.25, 0.3) is 10.9 Å². The van der Waals surface area contributed by atoms with E-state index < -0.39 is 46.3 Å². The fourth-order valence-corrected chi connectivity index (χ4v) is 6.35. The molecule has 4 heterocycles. The topological polar surface area (TPSA) is 169 Å². The first kappa shape index (κ1) is 25.6.